The molecule has 0 unspecified atom stereocenters. The number of aromatic amines is 1. The molecule has 0 atom stereocenters. The smallest absolute Gasteiger partial charge is 0.260 e. The van der Waals surface area contributed by atoms with Crippen LogP contribution in [-0.4, -0.2) is 61.4 Å². The lowest BCUT2D eigenvalue weighted by Crippen LogP contribution is -2.42. The van der Waals surface area contributed by atoms with Crippen molar-refractivity contribution in [3.63, 3.8) is 0 Å². The van der Waals surface area contributed by atoms with E-state index in [4.69, 9.17) is 0 Å². The van der Waals surface area contributed by atoms with Crippen LogP contribution in [0.2, 0.25) is 0 Å². The molecule has 3 N–H and O–H groups in total. The van der Waals surface area contributed by atoms with E-state index in [9.17, 15) is 17.5 Å². The van der Waals surface area contributed by atoms with Crippen molar-refractivity contribution in [1.29, 1.82) is 0 Å². The first-order chi connectivity index (χ1) is 14.0. The SMILES string of the molecule is CC(C)(C)c1cc2c(-c3ccc(S(=O)(=O)N4CCS(O)(O)CC4)nc3)ccnc2[nH]1. The van der Waals surface area contributed by atoms with E-state index in [-0.39, 0.29) is 35.0 Å². The molecule has 1 fully saturated rings. The van der Waals surface area contributed by atoms with Gasteiger partial charge in [-0.3, -0.25) is 9.11 Å². The van der Waals surface area contributed by atoms with Crippen LogP contribution >= 0.6 is 10.6 Å². The Morgan fingerprint density at radius 3 is 2.40 bits per heavy atom. The molecule has 1 aliphatic heterocycles. The summed E-state index contributed by atoms with van der Waals surface area (Å²) in [4.78, 5) is 12.0. The van der Waals surface area contributed by atoms with Crippen molar-refractivity contribution in [1.82, 2.24) is 19.3 Å². The summed E-state index contributed by atoms with van der Waals surface area (Å²) in [5.41, 5.74) is 3.52. The first-order valence-corrected chi connectivity index (χ1v) is 13.0. The van der Waals surface area contributed by atoms with Gasteiger partial charge in [0.05, 0.1) is 11.5 Å². The molecule has 1 aliphatic rings. The van der Waals surface area contributed by atoms with Crippen LogP contribution in [0.3, 0.4) is 0 Å². The molecular formula is C20H26N4O4S2. The molecule has 10 heteroatoms. The molecule has 3 aromatic heterocycles. The van der Waals surface area contributed by atoms with E-state index >= 15 is 0 Å². The second-order valence-electron chi connectivity index (χ2n) is 8.55. The maximum absolute atomic E-state index is 12.9. The van der Waals surface area contributed by atoms with E-state index < -0.39 is 20.6 Å². The van der Waals surface area contributed by atoms with E-state index in [0.717, 1.165) is 27.9 Å². The van der Waals surface area contributed by atoms with Gasteiger partial charge in [-0.15, -0.1) is 0 Å². The Hall–Kier alpha value is -1.98. The molecule has 0 aromatic carbocycles. The maximum Gasteiger partial charge on any atom is 0.260 e. The molecular weight excluding hydrogens is 424 g/mol. The fourth-order valence-electron chi connectivity index (χ4n) is 3.46. The van der Waals surface area contributed by atoms with Gasteiger partial charge in [0.15, 0.2) is 5.03 Å². The van der Waals surface area contributed by atoms with Crippen LogP contribution in [0, 0.1) is 0 Å². The molecule has 0 bridgehead atoms. The standard InChI is InChI=1S/C20H26N4O4S2/c1-20(2,3)17-12-16-15(6-7-21-19(16)23-17)14-4-5-18(22-13-14)30(27,28)24-8-10-29(25,26)11-9-24/h4-7,12-13,25-26H,8-11H2,1-3H3,(H,21,23). The van der Waals surface area contributed by atoms with Gasteiger partial charge in [-0.2, -0.15) is 14.9 Å². The van der Waals surface area contributed by atoms with E-state index in [2.05, 4.69) is 41.8 Å². The van der Waals surface area contributed by atoms with Gasteiger partial charge in [-0.25, -0.2) is 18.4 Å². The molecule has 8 nitrogen and oxygen atoms in total. The van der Waals surface area contributed by atoms with Crippen LogP contribution in [0.4, 0.5) is 0 Å². The van der Waals surface area contributed by atoms with Crippen molar-refractivity contribution < 1.29 is 17.5 Å². The zero-order chi connectivity index (χ0) is 21.7. The number of nitrogens with one attached hydrogen (secondary N) is 1. The Kier molecular flexibility index (Phi) is 5.18. The number of fused-ring (bicyclic) bond motifs is 1. The third-order valence-corrected chi connectivity index (χ3v) is 8.81. The Morgan fingerprint density at radius 1 is 1.10 bits per heavy atom. The molecule has 4 rings (SSSR count). The summed E-state index contributed by atoms with van der Waals surface area (Å²) in [7, 11) is -6.44. The summed E-state index contributed by atoms with van der Waals surface area (Å²) < 4.78 is 46.4. The predicted molar refractivity (Wildman–Crippen MR) is 119 cm³/mol. The quantitative estimate of drug-likeness (QED) is 0.560. The number of sulfonamides is 1. The molecule has 1 saturated heterocycles. The van der Waals surface area contributed by atoms with Crippen LogP contribution in [0.25, 0.3) is 22.2 Å². The van der Waals surface area contributed by atoms with Crippen LogP contribution < -0.4 is 0 Å². The first kappa shape index (κ1) is 21.3. The summed E-state index contributed by atoms with van der Waals surface area (Å²) in [6, 6.07) is 7.22. The highest BCUT2D eigenvalue weighted by Crippen LogP contribution is 2.41. The van der Waals surface area contributed by atoms with Gasteiger partial charge in [0.1, 0.15) is 5.65 Å². The van der Waals surface area contributed by atoms with Gasteiger partial charge in [-0.05, 0) is 29.8 Å². The summed E-state index contributed by atoms with van der Waals surface area (Å²) in [5, 5.41) is 0.917. The summed E-state index contributed by atoms with van der Waals surface area (Å²) in [6.45, 7) is 6.53. The minimum atomic E-state index is -3.77. The van der Waals surface area contributed by atoms with Crippen molar-refractivity contribution >= 4 is 31.6 Å². The molecule has 3 aromatic rings. The molecule has 162 valence electrons. The Morgan fingerprint density at radius 2 is 1.80 bits per heavy atom. The Labute approximate surface area is 177 Å². The van der Waals surface area contributed by atoms with Crippen molar-refractivity contribution in [2.75, 3.05) is 24.6 Å². The van der Waals surface area contributed by atoms with Crippen LogP contribution in [-0.2, 0) is 15.4 Å². The fraction of sp³-hybridized carbons (Fsp3) is 0.400. The summed E-state index contributed by atoms with van der Waals surface area (Å²) in [6.07, 6.45) is 3.28. The average molecular weight is 451 g/mol. The topological polar surface area (TPSA) is 119 Å². The molecule has 4 heterocycles. The van der Waals surface area contributed by atoms with Gasteiger partial charge in [0.2, 0.25) is 0 Å². The minimum absolute atomic E-state index is 0.0422. The van der Waals surface area contributed by atoms with Crippen molar-refractivity contribution in [2.24, 2.45) is 0 Å². The number of nitrogens with zero attached hydrogens (tertiary/aromatic N) is 3. The highest BCUT2D eigenvalue weighted by molar-refractivity contribution is 8.24. The molecule has 0 saturated carbocycles. The molecule has 0 spiro atoms. The number of rotatable bonds is 3. The zero-order valence-electron chi connectivity index (χ0n) is 17.2. The van der Waals surface area contributed by atoms with E-state index in [0.29, 0.717) is 0 Å². The lowest BCUT2D eigenvalue weighted by atomic mass is 9.92. The Balaban J connectivity index is 1.65. The van der Waals surface area contributed by atoms with E-state index in [1.54, 1.807) is 18.5 Å². The predicted octanol–water partition coefficient (Wildman–Crippen LogP) is 3.68. The number of H-pyrrole nitrogens is 1. The van der Waals surface area contributed by atoms with Gasteiger partial charge >= 0.3 is 0 Å². The fourth-order valence-corrected chi connectivity index (χ4v) is 6.27. The second kappa shape index (κ2) is 7.31. The number of hydrogen-bond donors (Lipinski definition) is 3. The van der Waals surface area contributed by atoms with Crippen molar-refractivity contribution in [3.05, 3.63) is 42.4 Å². The lowest BCUT2D eigenvalue weighted by Gasteiger charge is -2.40. The maximum atomic E-state index is 12.9. The van der Waals surface area contributed by atoms with Gasteiger partial charge < -0.3 is 4.98 Å². The lowest BCUT2D eigenvalue weighted by molar-refractivity contribution is 0.401. The van der Waals surface area contributed by atoms with E-state index in [1.807, 2.05) is 6.07 Å². The minimum Gasteiger partial charge on any atom is -0.343 e. The highest BCUT2D eigenvalue weighted by atomic mass is 32.3. The number of hydrogen-bond acceptors (Lipinski definition) is 6. The van der Waals surface area contributed by atoms with Crippen LogP contribution in [0.1, 0.15) is 26.5 Å². The summed E-state index contributed by atoms with van der Waals surface area (Å²) in [5.74, 6) is 0.117. The monoisotopic (exact) mass is 450 g/mol. The van der Waals surface area contributed by atoms with Crippen LogP contribution in [0.15, 0.2) is 41.7 Å². The van der Waals surface area contributed by atoms with E-state index in [1.165, 1.54) is 10.4 Å². The molecule has 30 heavy (non-hydrogen) atoms. The first-order valence-electron chi connectivity index (χ1n) is 9.66. The Bertz CT molecular complexity index is 1170. The van der Waals surface area contributed by atoms with Crippen molar-refractivity contribution in [2.45, 2.75) is 31.2 Å². The third-order valence-electron chi connectivity index (χ3n) is 5.33. The number of pyridine rings is 2. The van der Waals surface area contributed by atoms with Gasteiger partial charge in [0.25, 0.3) is 10.0 Å². The molecule has 0 radical (unpaired) electrons. The van der Waals surface area contributed by atoms with Gasteiger partial charge in [0, 0.05) is 47.5 Å². The normalized spacial score (nSPS) is 19.1. The molecule has 0 amide bonds. The zero-order valence-corrected chi connectivity index (χ0v) is 18.8. The third kappa shape index (κ3) is 3.97. The number of aromatic nitrogens is 3. The van der Waals surface area contributed by atoms with Gasteiger partial charge in [-0.1, -0.05) is 20.8 Å². The van der Waals surface area contributed by atoms with Crippen molar-refractivity contribution in [3.8, 4) is 11.1 Å². The van der Waals surface area contributed by atoms with Crippen LogP contribution in [0.5, 0.6) is 0 Å². The highest BCUT2D eigenvalue weighted by Gasteiger charge is 2.32. The largest absolute Gasteiger partial charge is 0.343 e. The second-order valence-corrected chi connectivity index (χ2v) is 12.9. The summed E-state index contributed by atoms with van der Waals surface area (Å²) >= 11 is 0. The molecule has 0 aliphatic carbocycles. The average Bonchev–Trinajstić information content (AvgIpc) is 3.13.